The van der Waals surface area contributed by atoms with Gasteiger partial charge in [-0.25, -0.2) is 0 Å². The lowest BCUT2D eigenvalue weighted by molar-refractivity contribution is -0.120. The van der Waals surface area contributed by atoms with E-state index in [1.54, 1.807) is 25.1 Å². The number of para-hydroxylation sites is 2. The molecule has 1 atom stereocenters. The third-order valence-corrected chi connectivity index (χ3v) is 2.44. The number of rotatable bonds is 4. The minimum atomic E-state index is -0.906. The number of carbonyl (C=O) groups is 1. The summed E-state index contributed by atoms with van der Waals surface area (Å²) in [6, 6.07) is 6.58. The average Bonchev–Trinajstić information content (AvgIpc) is 2.21. The van der Waals surface area contributed by atoms with E-state index in [1.807, 2.05) is 6.92 Å². The van der Waals surface area contributed by atoms with Crippen molar-refractivity contribution in [2.24, 2.45) is 5.73 Å². The molecular weight excluding hydrogens is 240 g/mol. The van der Waals surface area contributed by atoms with Crippen molar-refractivity contribution in [1.29, 1.82) is 0 Å². The molecule has 0 spiro atoms. The molecule has 1 unspecified atom stereocenters. The Balaban J connectivity index is 0.00000256. The molecule has 0 radical (unpaired) electrons. The molecule has 0 saturated carbocycles. The molecule has 0 aliphatic rings. The lowest BCUT2D eigenvalue weighted by Gasteiger charge is -2.23. The Morgan fingerprint density at radius 1 is 1.47 bits per heavy atom. The number of nitrogens with one attached hydrogen (secondary N) is 1. The Morgan fingerprint density at radius 2 is 2.06 bits per heavy atom. The number of halogens is 1. The fraction of sp³-hybridized carbons (Fsp3) is 0.417. The van der Waals surface area contributed by atoms with Crippen molar-refractivity contribution in [3.8, 4) is 5.75 Å². The number of hydrogen-bond acceptors (Lipinski definition) is 3. The van der Waals surface area contributed by atoms with E-state index in [9.17, 15) is 9.90 Å². The summed E-state index contributed by atoms with van der Waals surface area (Å²) in [5.41, 5.74) is 5.36. The maximum absolute atomic E-state index is 11.8. The highest BCUT2D eigenvalue weighted by molar-refractivity contribution is 5.98. The van der Waals surface area contributed by atoms with E-state index in [4.69, 9.17) is 5.73 Å². The lowest BCUT2D eigenvalue weighted by atomic mass is 9.96. The van der Waals surface area contributed by atoms with Crippen LogP contribution in [0, 0.1) is 0 Å². The highest BCUT2D eigenvalue weighted by Crippen LogP contribution is 2.23. The Kier molecular flexibility index (Phi) is 5.99. The van der Waals surface area contributed by atoms with E-state index in [0.717, 1.165) is 6.42 Å². The van der Waals surface area contributed by atoms with Gasteiger partial charge in [0.1, 0.15) is 5.75 Å². The van der Waals surface area contributed by atoms with Gasteiger partial charge in [-0.15, -0.1) is 12.4 Å². The number of hydrogen-bond donors (Lipinski definition) is 3. The number of phenols is 1. The Morgan fingerprint density at radius 3 is 2.59 bits per heavy atom. The van der Waals surface area contributed by atoms with Gasteiger partial charge in [-0.2, -0.15) is 0 Å². The van der Waals surface area contributed by atoms with Crippen molar-refractivity contribution in [2.45, 2.75) is 32.2 Å². The van der Waals surface area contributed by atoms with Gasteiger partial charge in [-0.1, -0.05) is 25.5 Å². The normalized spacial score (nSPS) is 13.4. The van der Waals surface area contributed by atoms with E-state index < -0.39 is 5.54 Å². The monoisotopic (exact) mass is 258 g/mol. The zero-order chi connectivity index (χ0) is 12.2. The minimum absolute atomic E-state index is 0. The minimum Gasteiger partial charge on any atom is -0.506 e. The van der Waals surface area contributed by atoms with Crippen molar-refractivity contribution < 1.29 is 9.90 Å². The summed E-state index contributed by atoms with van der Waals surface area (Å²) in [5.74, 6) is -0.237. The Bertz CT molecular complexity index is 381. The second kappa shape index (κ2) is 6.47. The summed E-state index contributed by atoms with van der Waals surface area (Å²) in [5, 5.41) is 12.1. The molecule has 1 aromatic rings. The fourth-order valence-corrected chi connectivity index (χ4v) is 1.48. The van der Waals surface area contributed by atoms with Gasteiger partial charge in [0, 0.05) is 0 Å². The SMILES string of the molecule is CCCC(C)(N)C(=O)Nc1ccccc1O.Cl. The van der Waals surface area contributed by atoms with Gasteiger partial charge >= 0.3 is 0 Å². The highest BCUT2D eigenvalue weighted by Gasteiger charge is 2.27. The molecule has 1 amide bonds. The van der Waals surface area contributed by atoms with Crippen LogP contribution in [0.2, 0.25) is 0 Å². The first-order valence-electron chi connectivity index (χ1n) is 5.35. The molecule has 0 saturated heterocycles. The first kappa shape index (κ1) is 15.7. The molecule has 1 rings (SSSR count). The van der Waals surface area contributed by atoms with Crippen LogP contribution in [-0.2, 0) is 4.79 Å². The molecule has 96 valence electrons. The number of benzene rings is 1. The van der Waals surface area contributed by atoms with Crippen molar-refractivity contribution in [1.82, 2.24) is 0 Å². The largest absolute Gasteiger partial charge is 0.506 e. The molecule has 4 nitrogen and oxygen atoms in total. The first-order chi connectivity index (χ1) is 7.47. The predicted molar refractivity (Wildman–Crippen MR) is 71.5 cm³/mol. The van der Waals surface area contributed by atoms with Gasteiger partial charge in [-0.05, 0) is 25.5 Å². The number of aromatic hydroxyl groups is 1. The second-order valence-electron chi connectivity index (χ2n) is 4.14. The third kappa shape index (κ3) is 4.24. The van der Waals surface area contributed by atoms with Crippen molar-refractivity contribution in [2.75, 3.05) is 5.32 Å². The van der Waals surface area contributed by atoms with Crippen LogP contribution in [0.4, 0.5) is 5.69 Å². The van der Waals surface area contributed by atoms with Crippen LogP contribution in [0.15, 0.2) is 24.3 Å². The van der Waals surface area contributed by atoms with Gasteiger partial charge < -0.3 is 16.2 Å². The summed E-state index contributed by atoms with van der Waals surface area (Å²) >= 11 is 0. The molecule has 0 bridgehead atoms. The Hall–Kier alpha value is -1.26. The zero-order valence-corrected chi connectivity index (χ0v) is 10.9. The summed E-state index contributed by atoms with van der Waals surface area (Å²) in [4.78, 5) is 11.8. The van der Waals surface area contributed by atoms with Gasteiger partial charge in [0.2, 0.25) is 5.91 Å². The number of nitrogens with two attached hydrogens (primary N) is 1. The third-order valence-electron chi connectivity index (χ3n) is 2.44. The number of amides is 1. The molecular formula is C12H19ClN2O2. The molecule has 0 heterocycles. The molecule has 0 aromatic heterocycles. The van der Waals surface area contributed by atoms with Gasteiger partial charge in [-0.3, -0.25) is 4.79 Å². The maximum atomic E-state index is 11.8. The van der Waals surface area contributed by atoms with Crippen LogP contribution >= 0.6 is 12.4 Å². The van der Waals surface area contributed by atoms with Gasteiger partial charge in [0.15, 0.2) is 0 Å². The fourth-order valence-electron chi connectivity index (χ4n) is 1.48. The molecule has 1 aromatic carbocycles. The molecule has 4 N–H and O–H groups in total. The Labute approximate surface area is 108 Å². The summed E-state index contributed by atoms with van der Waals surface area (Å²) < 4.78 is 0. The zero-order valence-electron chi connectivity index (χ0n) is 10.1. The van der Waals surface area contributed by atoms with Crippen molar-refractivity contribution >= 4 is 24.0 Å². The van der Waals surface area contributed by atoms with E-state index >= 15 is 0 Å². The van der Waals surface area contributed by atoms with Crippen LogP contribution in [0.5, 0.6) is 5.75 Å². The smallest absolute Gasteiger partial charge is 0.244 e. The number of phenolic OH excluding ortho intramolecular Hbond substituents is 1. The van der Waals surface area contributed by atoms with Crippen LogP contribution in [0.3, 0.4) is 0 Å². The van der Waals surface area contributed by atoms with Crippen LogP contribution < -0.4 is 11.1 Å². The van der Waals surface area contributed by atoms with Gasteiger partial charge in [0.25, 0.3) is 0 Å². The molecule has 0 aliphatic carbocycles. The van der Waals surface area contributed by atoms with E-state index in [1.165, 1.54) is 6.07 Å². The first-order valence-corrected chi connectivity index (χ1v) is 5.35. The van der Waals surface area contributed by atoms with Crippen LogP contribution in [0.1, 0.15) is 26.7 Å². The standard InChI is InChI=1S/C12H18N2O2.ClH/c1-3-8-12(2,13)11(16)14-9-6-4-5-7-10(9)15;/h4-7,15H,3,8,13H2,1-2H3,(H,14,16);1H. The lowest BCUT2D eigenvalue weighted by Crippen LogP contribution is -2.48. The number of anilines is 1. The summed E-state index contributed by atoms with van der Waals surface area (Å²) in [6.45, 7) is 3.66. The van der Waals surface area contributed by atoms with E-state index in [2.05, 4.69) is 5.32 Å². The maximum Gasteiger partial charge on any atom is 0.244 e. The van der Waals surface area contributed by atoms with Crippen molar-refractivity contribution in [3.05, 3.63) is 24.3 Å². The highest BCUT2D eigenvalue weighted by atomic mass is 35.5. The quantitative estimate of drug-likeness (QED) is 0.725. The number of carbonyl (C=O) groups excluding carboxylic acids is 1. The van der Waals surface area contributed by atoms with Crippen LogP contribution in [0.25, 0.3) is 0 Å². The molecule has 17 heavy (non-hydrogen) atoms. The van der Waals surface area contributed by atoms with E-state index in [0.29, 0.717) is 12.1 Å². The van der Waals surface area contributed by atoms with Gasteiger partial charge in [0.05, 0.1) is 11.2 Å². The van der Waals surface area contributed by atoms with Crippen molar-refractivity contribution in [3.63, 3.8) is 0 Å². The predicted octanol–water partition coefficient (Wildman–Crippen LogP) is 2.27. The molecule has 0 fully saturated rings. The molecule has 0 aliphatic heterocycles. The second-order valence-corrected chi connectivity index (χ2v) is 4.14. The van der Waals surface area contributed by atoms with Crippen LogP contribution in [-0.4, -0.2) is 16.6 Å². The summed E-state index contributed by atoms with van der Waals surface area (Å²) in [7, 11) is 0. The topological polar surface area (TPSA) is 75.4 Å². The summed E-state index contributed by atoms with van der Waals surface area (Å²) in [6.07, 6.45) is 1.44. The average molecular weight is 259 g/mol. The van der Waals surface area contributed by atoms with E-state index in [-0.39, 0.29) is 24.1 Å². The molecule has 5 heteroatoms.